The van der Waals surface area contributed by atoms with Gasteiger partial charge in [0.25, 0.3) is 0 Å². The van der Waals surface area contributed by atoms with Crippen LogP contribution in [0.25, 0.3) is 0 Å². The molecule has 150 valence electrons. The summed E-state index contributed by atoms with van der Waals surface area (Å²) in [5.41, 5.74) is 5.53. The first-order valence-corrected chi connectivity index (χ1v) is 9.89. The summed E-state index contributed by atoms with van der Waals surface area (Å²) in [4.78, 5) is 27.4. The molecular weight excluding hydrogens is 348 g/mol. The van der Waals surface area contributed by atoms with Crippen molar-refractivity contribution in [2.24, 2.45) is 0 Å². The van der Waals surface area contributed by atoms with Crippen molar-refractivity contribution in [1.82, 2.24) is 10.2 Å². The number of carbonyl (C=O) groups excluding carboxylic acids is 2. The zero-order valence-corrected chi connectivity index (χ0v) is 17.9. The van der Waals surface area contributed by atoms with Gasteiger partial charge < -0.3 is 10.2 Å². The van der Waals surface area contributed by atoms with Gasteiger partial charge in [0.05, 0.1) is 6.42 Å². The van der Waals surface area contributed by atoms with Crippen LogP contribution in [0.5, 0.6) is 0 Å². The van der Waals surface area contributed by atoms with Gasteiger partial charge in [0.15, 0.2) is 0 Å². The summed E-state index contributed by atoms with van der Waals surface area (Å²) < 4.78 is 0. The molecule has 1 unspecified atom stereocenters. The number of nitrogens with one attached hydrogen (secondary N) is 1. The number of hydrogen-bond donors (Lipinski definition) is 1. The van der Waals surface area contributed by atoms with Crippen LogP contribution in [-0.4, -0.2) is 28.8 Å². The Balaban J connectivity index is 2.24. The third-order valence-electron chi connectivity index (χ3n) is 5.00. The Bertz CT molecular complexity index is 825. The Morgan fingerprint density at radius 1 is 0.893 bits per heavy atom. The lowest BCUT2D eigenvalue weighted by atomic mass is 10.0. The van der Waals surface area contributed by atoms with Gasteiger partial charge in [-0.3, -0.25) is 9.59 Å². The standard InChI is InChI=1S/C24H32N2O2/c1-16(2)25-24(28)20(6)26(15-21-10-7-17(3)8-11-21)23(27)14-22-12-9-18(4)19(5)13-22/h7-13,16,20H,14-15H2,1-6H3,(H,25,28). The van der Waals surface area contributed by atoms with Gasteiger partial charge in [0.1, 0.15) is 6.04 Å². The van der Waals surface area contributed by atoms with Gasteiger partial charge in [-0.05, 0) is 63.8 Å². The first-order chi connectivity index (χ1) is 13.2. The van der Waals surface area contributed by atoms with Crippen molar-refractivity contribution in [2.45, 2.75) is 66.6 Å². The molecule has 2 aromatic carbocycles. The first-order valence-electron chi connectivity index (χ1n) is 9.89. The average Bonchev–Trinajstić information content (AvgIpc) is 2.63. The molecule has 0 fully saturated rings. The topological polar surface area (TPSA) is 49.4 Å². The third-order valence-corrected chi connectivity index (χ3v) is 5.00. The van der Waals surface area contributed by atoms with E-state index in [1.807, 2.05) is 64.1 Å². The molecule has 0 aliphatic carbocycles. The molecule has 2 amide bonds. The van der Waals surface area contributed by atoms with E-state index in [0.717, 1.165) is 11.1 Å². The lowest BCUT2D eigenvalue weighted by molar-refractivity contribution is -0.140. The van der Waals surface area contributed by atoms with Crippen molar-refractivity contribution >= 4 is 11.8 Å². The van der Waals surface area contributed by atoms with E-state index in [4.69, 9.17) is 0 Å². The van der Waals surface area contributed by atoms with Crippen molar-refractivity contribution < 1.29 is 9.59 Å². The molecule has 0 aromatic heterocycles. The lowest BCUT2D eigenvalue weighted by Crippen LogP contribution is -2.49. The molecule has 0 aliphatic heterocycles. The van der Waals surface area contributed by atoms with Crippen LogP contribution in [0, 0.1) is 20.8 Å². The molecule has 0 saturated carbocycles. The van der Waals surface area contributed by atoms with E-state index in [1.54, 1.807) is 11.8 Å². The maximum absolute atomic E-state index is 13.2. The summed E-state index contributed by atoms with van der Waals surface area (Å²) >= 11 is 0. The smallest absolute Gasteiger partial charge is 0.242 e. The van der Waals surface area contributed by atoms with E-state index in [-0.39, 0.29) is 24.3 Å². The first kappa shape index (κ1) is 21.7. The highest BCUT2D eigenvalue weighted by Crippen LogP contribution is 2.15. The summed E-state index contributed by atoms with van der Waals surface area (Å²) in [6.45, 7) is 12.2. The Labute approximate surface area is 169 Å². The minimum atomic E-state index is -0.539. The van der Waals surface area contributed by atoms with Crippen LogP contribution in [0.2, 0.25) is 0 Å². The van der Waals surface area contributed by atoms with Crippen molar-refractivity contribution in [1.29, 1.82) is 0 Å². The fourth-order valence-electron chi connectivity index (χ4n) is 3.07. The summed E-state index contributed by atoms with van der Waals surface area (Å²) in [5, 5.41) is 2.92. The molecule has 0 radical (unpaired) electrons. The number of rotatable bonds is 7. The molecule has 28 heavy (non-hydrogen) atoms. The van der Waals surface area contributed by atoms with Crippen molar-refractivity contribution in [3.05, 3.63) is 70.3 Å². The van der Waals surface area contributed by atoms with Gasteiger partial charge >= 0.3 is 0 Å². The second kappa shape index (κ2) is 9.54. The number of hydrogen-bond acceptors (Lipinski definition) is 2. The van der Waals surface area contributed by atoms with Crippen molar-refractivity contribution in [3.8, 4) is 0 Å². The number of amides is 2. The summed E-state index contributed by atoms with van der Waals surface area (Å²) in [5.74, 6) is -0.175. The number of benzene rings is 2. The summed E-state index contributed by atoms with van der Waals surface area (Å²) in [6.07, 6.45) is 0.284. The molecule has 2 rings (SSSR count). The fourth-order valence-corrected chi connectivity index (χ4v) is 3.07. The normalized spacial score (nSPS) is 12.0. The number of nitrogens with zero attached hydrogens (tertiary/aromatic N) is 1. The molecule has 0 spiro atoms. The largest absolute Gasteiger partial charge is 0.352 e. The predicted molar refractivity (Wildman–Crippen MR) is 114 cm³/mol. The molecular formula is C24H32N2O2. The molecule has 1 N–H and O–H groups in total. The second-order valence-corrected chi connectivity index (χ2v) is 7.94. The van der Waals surface area contributed by atoms with Gasteiger partial charge in [-0.2, -0.15) is 0 Å². The minimum absolute atomic E-state index is 0.0334. The SMILES string of the molecule is Cc1ccc(CN(C(=O)Cc2ccc(C)c(C)c2)C(C)C(=O)NC(C)C)cc1. The maximum Gasteiger partial charge on any atom is 0.242 e. The van der Waals surface area contributed by atoms with Crippen LogP contribution in [0.3, 0.4) is 0 Å². The Morgan fingerprint density at radius 3 is 2.07 bits per heavy atom. The molecule has 0 bridgehead atoms. The van der Waals surface area contributed by atoms with E-state index in [1.165, 1.54) is 16.7 Å². The minimum Gasteiger partial charge on any atom is -0.352 e. The van der Waals surface area contributed by atoms with Gasteiger partial charge in [-0.25, -0.2) is 0 Å². The van der Waals surface area contributed by atoms with E-state index >= 15 is 0 Å². The zero-order chi connectivity index (χ0) is 20.8. The lowest BCUT2D eigenvalue weighted by Gasteiger charge is -2.29. The van der Waals surface area contributed by atoms with Gasteiger partial charge in [0.2, 0.25) is 11.8 Å². The molecule has 0 saturated heterocycles. The van der Waals surface area contributed by atoms with Crippen molar-refractivity contribution in [3.63, 3.8) is 0 Å². The van der Waals surface area contributed by atoms with Gasteiger partial charge in [-0.1, -0.05) is 48.0 Å². The highest BCUT2D eigenvalue weighted by Gasteiger charge is 2.26. The van der Waals surface area contributed by atoms with Crippen LogP contribution in [0.15, 0.2) is 42.5 Å². The monoisotopic (exact) mass is 380 g/mol. The van der Waals surface area contributed by atoms with Crippen LogP contribution >= 0.6 is 0 Å². The molecule has 4 heteroatoms. The van der Waals surface area contributed by atoms with Crippen LogP contribution in [-0.2, 0) is 22.6 Å². The summed E-state index contributed by atoms with van der Waals surface area (Å²) in [6, 6.07) is 13.7. The Kier molecular flexibility index (Phi) is 7.38. The van der Waals surface area contributed by atoms with Crippen LogP contribution in [0.4, 0.5) is 0 Å². The molecule has 2 aromatic rings. The molecule has 0 heterocycles. The Hall–Kier alpha value is -2.62. The third kappa shape index (κ3) is 5.95. The highest BCUT2D eigenvalue weighted by atomic mass is 16.2. The van der Waals surface area contributed by atoms with Crippen LogP contribution < -0.4 is 5.32 Å². The van der Waals surface area contributed by atoms with Crippen LogP contribution in [0.1, 0.15) is 48.6 Å². The van der Waals surface area contributed by atoms with E-state index in [2.05, 4.69) is 18.3 Å². The average molecular weight is 381 g/mol. The zero-order valence-electron chi connectivity index (χ0n) is 17.9. The van der Waals surface area contributed by atoms with E-state index < -0.39 is 6.04 Å². The molecule has 4 nitrogen and oxygen atoms in total. The maximum atomic E-state index is 13.2. The number of carbonyl (C=O) groups is 2. The highest BCUT2D eigenvalue weighted by molar-refractivity contribution is 5.88. The van der Waals surface area contributed by atoms with Gasteiger partial charge in [-0.15, -0.1) is 0 Å². The molecule has 0 aliphatic rings. The molecule has 1 atom stereocenters. The summed E-state index contributed by atoms with van der Waals surface area (Å²) in [7, 11) is 0. The number of aryl methyl sites for hydroxylation is 3. The second-order valence-electron chi connectivity index (χ2n) is 7.94. The quantitative estimate of drug-likeness (QED) is 0.786. The predicted octanol–water partition coefficient (Wildman–Crippen LogP) is 4.10. The van der Waals surface area contributed by atoms with Crippen molar-refractivity contribution in [2.75, 3.05) is 0 Å². The fraction of sp³-hybridized carbons (Fsp3) is 0.417. The Morgan fingerprint density at radius 2 is 1.50 bits per heavy atom. The van der Waals surface area contributed by atoms with Gasteiger partial charge in [0, 0.05) is 12.6 Å². The van der Waals surface area contributed by atoms with E-state index in [9.17, 15) is 9.59 Å². The van der Waals surface area contributed by atoms with E-state index in [0.29, 0.717) is 6.54 Å².